The fourth-order valence-electron chi connectivity index (χ4n) is 2.70. The molecule has 1 aliphatic heterocycles. The summed E-state index contributed by atoms with van der Waals surface area (Å²) in [6, 6.07) is 0. The van der Waals surface area contributed by atoms with E-state index in [0.29, 0.717) is 0 Å². The van der Waals surface area contributed by atoms with Crippen molar-refractivity contribution in [1.29, 1.82) is 0 Å². The predicted octanol–water partition coefficient (Wildman–Crippen LogP) is 2.46. The van der Waals surface area contributed by atoms with Crippen LogP contribution in [0, 0.1) is 5.92 Å². The average molecular weight is 282 g/mol. The molecule has 0 spiro atoms. The van der Waals surface area contributed by atoms with Crippen molar-refractivity contribution in [2.24, 2.45) is 10.9 Å². The molecule has 4 nitrogen and oxygen atoms in total. The molecule has 4 heteroatoms. The molecule has 1 atom stereocenters. The summed E-state index contributed by atoms with van der Waals surface area (Å²) in [4.78, 5) is 7.38. The third-order valence-corrected chi connectivity index (χ3v) is 4.02. The van der Waals surface area contributed by atoms with Crippen molar-refractivity contribution in [2.75, 3.05) is 32.7 Å². The van der Waals surface area contributed by atoms with Gasteiger partial charge in [0.15, 0.2) is 5.96 Å². The molecule has 0 amide bonds. The third-order valence-electron chi connectivity index (χ3n) is 4.02. The van der Waals surface area contributed by atoms with Gasteiger partial charge in [-0.15, -0.1) is 0 Å². The van der Waals surface area contributed by atoms with E-state index in [1.54, 1.807) is 0 Å². The molecule has 0 aromatic carbocycles. The Morgan fingerprint density at radius 2 is 2.05 bits per heavy atom. The van der Waals surface area contributed by atoms with Crippen molar-refractivity contribution in [1.82, 2.24) is 15.5 Å². The molecule has 2 N–H and O–H groups in total. The predicted molar refractivity (Wildman–Crippen MR) is 88.3 cm³/mol. The van der Waals surface area contributed by atoms with Crippen LogP contribution in [0.1, 0.15) is 53.9 Å². The van der Waals surface area contributed by atoms with Crippen molar-refractivity contribution < 1.29 is 0 Å². The Labute approximate surface area is 125 Å². The molecule has 1 saturated heterocycles. The van der Waals surface area contributed by atoms with Crippen molar-refractivity contribution in [3.63, 3.8) is 0 Å². The maximum atomic E-state index is 4.78. The summed E-state index contributed by atoms with van der Waals surface area (Å²) in [6.45, 7) is 16.4. The molecule has 0 saturated carbocycles. The van der Waals surface area contributed by atoms with E-state index in [9.17, 15) is 0 Å². The van der Waals surface area contributed by atoms with Crippen LogP contribution in [0.4, 0.5) is 0 Å². The summed E-state index contributed by atoms with van der Waals surface area (Å²) in [6.07, 6.45) is 3.82. The van der Waals surface area contributed by atoms with Gasteiger partial charge in [-0.25, -0.2) is 0 Å². The largest absolute Gasteiger partial charge is 0.357 e. The molecular formula is C16H34N4. The molecule has 1 rings (SSSR count). The molecule has 1 heterocycles. The highest BCUT2D eigenvalue weighted by molar-refractivity contribution is 5.79. The Balaban J connectivity index is 2.57. The number of hydrogen-bond donors (Lipinski definition) is 2. The van der Waals surface area contributed by atoms with Gasteiger partial charge in [-0.3, -0.25) is 9.89 Å². The van der Waals surface area contributed by atoms with Crippen LogP contribution in [0.15, 0.2) is 4.99 Å². The van der Waals surface area contributed by atoms with Crippen LogP contribution in [0.2, 0.25) is 0 Å². The van der Waals surface area contributed by atoms with Gasteiger partial charge in [0.05, 0.1) is 6.54 Å². The van der Waals surface area contributed by atoms with Gasteiger partial charge in [0, 0.05) is 25.2 Å². The van der Waals surface area contributed by atoms with E-state index < -0.39 is 0 Å². The van der Waals surface area contributed by atoms with Gasteiger partial charge in [0.1, 0.15) is 0 Å². The standard InChI is InChI=1S/C16H34N4/c1-6-10-18-15(17-7-2)19-13-16(4,5)20-11-8-9-14(3)12-20/h14H,6-13H2,1-5H3,(H2,17,18,19). The number of guanidine groups is 1. The zero-order chi connectivity index (χ0) is 15.0. The van der Waals surface area contributed by atoms with Crippen LogP contribution in [-0.4, -0.2) is 49.1 Å². The zero-order valence-electron chi connectivity index (χ0n) is 14.1. The van der Waals surface area contributed by atoms with E-state index in [4.69, 9.17) is 4.99 Å². The van der Waals surface area contributed by atoms with Crippen LogP contribution in [0.5, 0.6) is 0 Å². The first-order chi connectivity index (χ1) is 9.49. The number of rotatable bonds is 6. The highest BCUT2D eigenvalue weighted by Crippen LogP contribution is 2.23. The normalized spacial score (nSPS) is 21.9. The Hall–Kier alpha value is -0.770. The summed E-state index contributed by atoms with van der Waals surface area (Å²) in [5, 5.41) is 6.70. The first-order valence-corrected chi connectivity index (χ1v) is 8.26. The number of likely N-dealkylation sites (tertiary alicyclic amines) is 1. The van der Waals surface area contributed by atoms with Gasteiger partial charge >= 0.3 is 0 Å². The topological polar surface area (TPSA) is 39.7 Å². The Morgan fingerprint density at radius 1 is 1.30 bits per heavy atom. The average Bonchev–Trinajstić information content (AvgIpc) is 2.42. The molecular weight excluding hydrogens is 248 g/mol. The van der Waals surface area contributed by atoms with Crippen molar-refractivity contribution in [2.45, 2.75) is 59.4 Å². The highest BCUT2D eigenvalue weighted by Gasteiger charge is 2.29. The van der Waals surface area contributed by atoms with Gasteiger partial charge in [-0.05, 0) is 52.5 Å². The lowest BCUT2D eigenvalue weighted by Gasteiger charge is -2.42. The lowest BCUT2D eigenvalue weighted by molar-refractivity contribution is 0.0774. The van der Waals surface area contributed by atoms with Gasteiger partial charge in [0.2, 0.25) is 0 Å². The van der Waals surface area contributed by atoms with E-state index in [1.807, 2.05) is 0 Å². The second-order valence-electron chi connectivity index (χ2n) is 6.63. The maximum Gasteiger partial charge on any atom is 0.191 e. The molecule has 1 fully saturated rings. The Kier molecular flexibility index (Phi) is 7.35. The molecule has 1 aliphatic rings. The fraction of sp³-hybridized carbons (Fsp3) is 0.938. The molecule has 0 aromatic heterocycles. The molecule has 0 aromatic rings. The van der Waals surface area contributed by atoms with Crippen LogP contribution in [0.25, 0.3) is 0 Å². The molecule has 0 radical (unpaired) electrons. The fourth-order valence-corrected chi connectivity index (χ4v) is 2.70. The van der Waals surface area contributed by atoms with E-state index in [1.165, 1.54) is 25.9 Å². The molecule has 118 valence electrons. The number of aliphatic imine (C=N–C) groups is 1. The number of nitrogens with zero attached hydrogens (tertiary/aromatic N) is 2. The van der Waals surface area contributed by atoms with Crippen LogP contribution < -0.4 is 10.6 Å². The number of hydrogen-bond acceptors (Lipinski definition) is 2. The Morgan fingerprint density at radius 3 is 2.65 bits per heavy atom. The second kappa shape index (κ2) is 8.50. The van der Waals surface area contributed by atoms with Crippen LogP contribution >= 0.6 is 0 Å². The minimum atomic E-state index is 0.142. The summed E-state index contributed by atoms with van der Waals surface area (Å²) in [5.41, 5.74) is 0.142. The first-order valence-electron chi connectivity index (χ1n) is 8.26. The zero-order valence-corrected chi connectivity index (χ0v) is 14.1. The minimum absolute atomic E-state index is 0.142. The third kappa shape index (κ3) is 5.70. The van der Waals surface area contributed by atoms with Crippen molar-refractivity contribution in [3.05, 3.63) is 0 Å². The Bertz CT molecular complexity index is 299. The van der Waals surface area contributed by atoms with E-state index in [-0.39, 0.29) is 5.54 Å². The smallest absolute Gasteiger partial charge is 0.191 e. The quantitative estimate of drug-likeness (QED) is 0.581. The minimum Gasteiger partial charge on any atom is -0.357 e. The molecule has 20 heavy (non-hydrogen) atoms. The van der Waals surface area contributed by atoms with Gasteiger partial charge < -0.3 is 10.6 Å². The van der Waals surface area contributed by atoms with Gasteiger partial charge in [-0.1, -0.05) is 13.8 Å². The van der Waals surface area contributed by atoms with Gasteiger partial charge in [-0.2, -0.15) is 0 Å². The molecule has 0 bridgehead atoms. The SMILES string of the molecule is CCCNC(=NCC(C)(C)N1CCCC(C)C1)NCC. The van der Waals surface area contributed by atoms with Gasteiger partial charge in [0.25, 0.3) is 0 Å². The summed E-state index contributed by atoms with van der Waals surface area (Å²) in [7, 11) is 0. The molecule has 1 unspecified atom stereocenters. The van der Waals surface area contributed by atoms with E-state index in [2.05, 4.69) is 50.2 Å². The van der Waals surface area contributed by atoms with Crippen molar-refractivity contribution >= 4 is 5.96 Å². The first kappa shape index (κ1) is 17.3. The van der Waals surface area contributed by atoms with E-state index in [0.717, 1.165) is 37.9 Å². The highest BCUT2D eigenvalue weighted by atomic mass is 15.2. The van der Waals surface area contributed by atoms with Crippen LogP contribution in [0.3, 0.4) is 0 Å². The monoisotopic (exact) mass is 282 g/mol. The van der Waals surface area contributed by atoms with E-state index >= 15 is 0 Å². The molecule has 0 aliphatic carbocycles. The summed E-state index contributed by atoms with van der Waals surface area (Å²) in [5.74, 6) is 1.77. The lowest BCUT2D eigenvalue weighted by Crippen LogP contribution is -2.51. The summed E-state index contributed by atoms with van der Waals surface area (Å²) < 4.78 is 0. The summed E-state index contributed by atoms with van der Waals surface area (Å²) >= 11 is 0. The maximum absolute atomic E-state index is 4.78. The van der Waals surface area contributed by atoms with Crippen molar-refractivity contribution in [3.8, 4) is 0 Å². The number of piperidine rings is 1. The van der Waals surface area contributed by atoms with Crippen LogP contribution in [-0.2, 0) is 0 Å². The second-order valence-corrected chi connectivity index (χ2v) is 6.63. The lowest BCUT2D eigenvalue weighted by atomic mass is 9.94. The number of nitrogens with one attached hydrogen (secondary N) is 2.